The molecule has 0 aliphatic carbocycles. The van der Waals surface area contributed by atoms with Crippen molar-refractivity contribution in [1.82, 2.24) is 0 Å². The number of aromatic hydroxyl groups is 1. The molecule has 0 bridgehead atoms. The lowest BCUT2D eigenvalue weighted by atomic mass is 10.2. The van der Waals surface area contributed by atoms with Gasteiger partial charge in [0.25, 0.3) is 0 Å². The van der Waals surface area contributed by atoms with Crippen LogP contribution in [0.5, 0.6) is 5.75 Å². The summed E-state index contributed by atoms with van der Waals surface area (Å²) >= 11 is 0. The van der Waals surface area contributed by atoms with Gasteiger partial charge >= 0.3 is 0 Å². The molecule has 0 fully saturated rings. The summed E-state index contributed by atoms with van der Waals surface area (Å²) in [6.45, 7) is 4.23. The lowest BCUT2D eigenvalue weighted by Crippen LogP contribution is -2.36. The Morgan fingerprint density at radius 1 is 1.12 bits per heavy atom. The van der Waals surface area contributed by atoms with Crippen molar-refractivity contribution in [2.24, 2.45) is 0 Å². The number of anilines is 1. The van der Waals surface area contributed by atoms with E-state index in [4.69, 9.17) is 0 Å². The fourth-order valence-corrected chi connectivity index (χ4v) is 1.61. The Hall–Kier alpha value is -1.26. The van der Waals surface area contributed by atoms with Crippen molar-refractivity contribution in [1.29, 1.82) is 0 Å². The molecule has 4 heteroatoms. The third-order valence-corrected chi connectivity index (χ3v) is 2.16. The van der Waals surface area contributed by atoms with Crippen molar-refractivity contribution in [2.45, 2.75) is 26.1 Å². The Bertz CT molecular complexity index is 316. The van der Waals surface area contributed by atoms with Gasteiger partial charge in [-0.25, -0.2) is 0 Å². The summed E-state index contributed by atoms with van der Waals surface area (Å²) in [5.74, 6) is 0.179. The Morgan fingerprint density at radius 2 is 1.69 bits per heavy atom. The van der Waals surface area contributed by atoms with Crippen molar-refractivity contribution in [3.63, 3.8) is 0 Å². The molecule has 0 amide bonds. The van der Waals surface area contributed by atoms with Gasteiger partial charge in [-0.1, -0.05) is 6.07 Å². The first-order valence-corrected chi connectivity index (χ1v) is 5.39. The lowest BCUT2D eigenvalue weighted by Gasteiger charge is -2.27. The number of benzene rings is 1. The van der Waals surface area contributed by atoms with E-state index < -0.39 is 12.2 Å². The van der Waals surface area contributed by atoms with Crippen molar-refractivity contribution >= 4 is 5.69 Å². The van der Waals surface area contributed by atoms with E-state index in [0.29, 0.717) is 13.1 Å². The highest BCUT2D eigenvalue weighted by Gasteiger charge is 2.12. The summed E-state index contributed by atoms with van der Waals surface area (Å²) in [5, 5.41) is 28.1. The predicted molar refractivity (Wildman–Crippen MR) is 63.7 cm³/mol. The fourth-order valence-electron chi connectivity index (χ4n) is 1.61. The number of phenolic OH excluding ortho intramolecular Hbond substituents is 1. The van der Waals surface area contributed by atoms with Crippen LogP contribution in [-0.2, 0) is 0 Å². The van der Waals surface area contributed by atoms with E-state index in [1.54, 1.807) is 32.0 Å². The average molecular weight is 225 g/mol. The van der Waals surface area contributed by atoms with Gasteiger partial charge in [0.2, 0.25) is 0 Å². The van der Waals surface area contributed by atoms with E-state index in [9.17, 15) is 15.3 Å². The molecule has 90 valence electrons. The van der Waals surface area contributed by atoms with Crippen LogP contribution in [0.25, 0.3) is 0 Å². The van der Waals surface area contributed by atoms with Crippen LogP contribution in [0, 0.1) is 0 Å². The van der Waals surface area contributed by atoms with Gasteiger partial charge in [-0.2, -0.15) is 0 Å². The summed E-state index contributed by atoms with van der Waals surface area (Å²) in [6, 6.07) is 6.78. The third kappa shape index (κ3) is 4.08. The molecule has 3 N–H and O–H groups in total. The number of aliphatic hydroxyl groups is 2. The summed E-state index contributed by atoms with van der Waals surface area (Å²) in [6.07, 6.45) is -0.970. The minimum atomic E-state index is -0.485. The lowest BCUT2D eigenvalue weighted by molar-refractivity contribution is 0.178. The van der Waals surface area contributed by atoms with E-state index in [1.165, 1.54) is 0 Å². The van der Waals surface area contributed by atoms with Gasteiger partial charge in [0.1, 0.15) is 5.75 Å². The molecular formula is C12H19NO3. The molecule has 2 unspecified atom stereocenters. The van der Waals surface area contributed by atoms with Crippen molar-refractivity contribution < 1.29 is 15.3 Å². The SMILES string of the molecule is CC(O)CN(CC(C)O)c1cccc(O)c1. The van der Waals surface area contributed by atoms with Crippen molar-refractivity contribution in [2.75, 3.05) is 18.0 Å². The molecule has 1 aromatic rings. The Balaban J connectivity index is 2.82. The molecular weight excluding hydrogens is 206 g/mol. The maximum atomic E-state index is 9.38. The number of rotatable bonds is 5. The van der Waals surface area contributed by atoms with Crippen LogP contribution >= 0.6 is 0 Å². The molecule has 1 aromatic carbocycles. The summed E-state index contributed by atoms with van der Waals surface area (Å²) < 4.78 is 0. The summed E-state index contributed by atoms with van der Waals surface area (Å²) in [7, 11) is 0. The highest BCUT2D eigenvalue weighted by Crippen LogP contribution is 2.20. The second-order valence-electron chi connectivity index (χ2n) is 4.12. The molecule has 0 saturated heterocycles. The first-order chi connectivity index (χ1) is 7.49. The first kappa shape index (κ1) is 12.8. The van der Waals surface area contributed by atoms with Gasteiger partial charge in [0, 0.05) is 24.8 Å². The first-order valence-electron chi connectivity index (χ1n) is 5.39. The van der Waals surface area contributed by atoms with E-state index in [2.05, 4.69) is 0 Å². The second kappa shape index (κ2) is 5.72. The van der Waals surface area contributed by atoms with Gasteiger partial charge < -0.3 is 20.2 Å². The van der Waals surface area contributed by atoms with Gasteiger partial charge in [-0.15, -0.1) is 0 Å². The van der Waals surface area contributed by atoms with Crippen molar-refractivity contribution in [3.8, 4) is 5.75 Å². The highest BCUT2D eigenvalue weighted by molar-refractivity contribution is 5.50. The second-order valence-corrected chi connectivity index (χ2v) is 4.12. The number of hydrogen-bond acceptors (Lipinski definition) is 4. The Kier molecular flexibility index (Phi) is 4.58. The van der Waals surface area contributed by atoms with Crippen LogP contribution in [0.2, 0.25) is 0 Å². The fraction of sp³-hybridized carbons (Fsp3) is 0.500. The minimum absolute atomic E-state index is 0.179. The molecule has 0 aliphatic rings. The maximum Gasteiger partial charge on any atom is 0.117 e. The smallest absolute Gasteiger partial charge is 0.117 e. The van der Waals surface area contributed by atoms with E-state index in [0.717, 1.165) is 5.69 Å². The van der Waals surface area contributed by atoms with Crippen LogP contribution in [0.15, 0.2) is 24.3 Å². The molecule has 2 atom stereocenters. The third-order valence-electron chi connectivity index (χ3n) is 2.16. The minimum Gasteiger partial charge on any atom is -0.508 e. The van der Waals surface area contributed by atoms with Gasteiger partial charge in [-0.3, -0.25) is 0 Å². The summed E-state index contributed by atoms with van der Waals surface area (Å²) in [5.41, 5.74) is 0.793. The number of aliphatic hydroxyl groups excluding tert-OH is 2. The largest absolute Gasteiger partial charge is 0.508 e. The zero-order valence-electron chi connectivity index (χ0n) is 9.67. The van der Waals surface area contributed by atoms with Crippen LogP contribution in [0.1, 0.15) is 13.8 Å². The van der Waals surface area contributed by atoms with E-state index in [1.807, 2.05) is 11.0 Å². The molecule has 0 radical (unpaired) electrons. The van der Waals surface area contributed by atoms with Crippen LogP contribution in [0.3, 0.4) is 0 Å². The molecule has 0 saturated carbocycles. The Morgan fingerprint density at radius 3 is 2.12 bits per heavy atom. The van der Waals surface area contributed by atoms with Crippen LogP contribution in [-0.4, -0.2) is 40.6 Å². The maximum absolute atomic E-state index is 9.38. The number of phenols is 1. The standard InChI is InChI=1S/C12H19NO3/c1-9(14)7-13(8-10(2)15)11-4-3-5-12(16)6-11/h3-6,9-10,14-16H,7-8H2,1-2H3. The normalized spacial score (nSPS) is 14.5. The Labute approximate surface area is 95.8 Å². The van der Waals surface area contributed by atoms with E-state index in [-0.39, 0.29) is 5.75 Å². The van der Waals surface area contributed by atoms with Crippen LogP contribution in [0.4, 0.5) is 5.69 Å². The van der Waals surface area contributed by atoms with E-state index >= 15 is 0 Å². The zero-order chi connectivity index (χ0) is 12.1. The predicted octanol–water partition coefficient (Wildman–Crippen LogP) is 0.960. The molecule has 0 heterocycles. The van der Waals surface area contributed by atoms with Crippen LogP contribution < -0.4 is 4.90 Å². The van der Waals surface area contributed by atoms with Gasteiger partial charge in [0.15, 0.2) is 0 Å². The van der Waals surface area contributed by atoms with Crippen molar-refractivity contribution in [3.05, 3.63) is 24.3 Å². The molecule has 0 aliphatic heterocycles. The molecule has 4 nitrogen and oxygen atoms in total. The number of hydrogen-bond donors (Lipinski definition) is 3. The monoisotopic (exact) mass is 225 g/mol. The average Bonchev–Trinajstić information content (AvgIpc) is 2.15. The highest BCUT2D eigenvalue weighted by atomic mass is 16.3. The number of nitrogens with zero attached hydrogens (tertiary/aromatic N) is 1. The zero-order valence-corrected chi connectivity index (χ0v) is 9.67. The summed E-state index contributed by atoms with van der Waals surface area (Å²) in [4.78, 5) is 1.84. The molecule has 1 rings (SSSR count). The quantitative estimate of drug-likeness (QED) is 0.698. The van der Waals surface area contributed by atoms with Gasteiger partial charge in [0.05, 0.1) is 12.2 Å². The molecule has 16 heavy (non-hydrogen) atoms. The molecule has 0 aromatic heterocycles. The molecule has 0 spiro atoms. The topological polar surface area (TPSA) is 63.9 Å². The van der Waals surface area contributed by atoms with Gasteiger partial charge in [-0.05, 0) is 26.0 Å².